The number of hydrogen-bond donors (Lipinski definition) is 1. The van der Waals surface area contributed by atoms with Gasteiger partial charge in [-0.3, -0.25) is 4.79 Å². The SMILES string of the molecule is O=C(CSc1cccc(C(F)(F)F)c1)NC1CCSc2ccc(F)cc21. The van der Waals surface area contributed by atoms with E-state index in [1.54, 1.807) is 17.8 Å². The highest BCUT2D eigenvalue weighted by molar-refractivity contribution is 8.00. The molecule has 8 heteroatoms. The highest BCUT2D eigenvalue weighted by Crippen LogP contribution is 2.36. The lowest BCUT2D eigenvalue weighted by Crippen LogP contribution is -2.32. The van der Waals surface area contributed by atoms with E-state index >= 15 is 0 Å². The molecule has 26 heavy (non-hydrogen) atoms. The molecular formula is C18H15F4NOS2. The van der Waals surface area contributed by atoms with Crippen molar-refractivity contribution in [2.75, 3.05) is 11.5 Å². The zero-order valence-corrected chi connectivity index (χ0v) is 15.1. The summed E-state index contributed by atoms with van der Waals surface area (Å²) in [6.07, 6.45) is -3.73. The molecule has 1 aliphatic heterocycles. The average Bonchev–Trinajstić information content (AvgIpc) is 2.60. The van der Waals surface area contributed by atoms with Crippen molar-refractivity contribution >= 4 is 29.4 Å². The van der Waals surface area contributed by atoms with Gasteiger partial charge in [0, 0.05) is 15.5 Å². The number of amides is 1. The van der Waals surface area contributed by atoms with E-state index in [2.05, 4.69) is 5.32 Å². The minimum absolute atomic E-state index is 0.00436. The molecule has 0 spiro atoms. The van der Waals surface area contributed by atoms with Crippen molar-refractivity contribution in [2.24, 2.45) is 0 Å². The Morgan fingerprint density at radius 2 is 2.04 bits per heavy atom. The third-order valence-corrected chi connectivity index (χ3v) is 5.99. The van der Waals surface area contributed by atoms with Crippen LogP contribution >= 0.6 is 23.5 Å². The van der Waals surface area contributed by atoms with Crippen LogP contribution in [-0.2, 0) is 11.0 Å². The summed E-state index contributed by atoms with van der Waals surface area (Å²) in [5.41, 5.74) is 0.00952. The van der Waals surface area contributed by atoms with Gasteiger partial charge in [-0.15, -0.1) is 23.5 Å². The van der Waals surface area contributed by atoms with Gasteiger partial charge in [-0.1, -0.05) is 6.07 Å². The van der Waals surface area contributed by atoms with Gasteiger partial charge in [-0.2, -0.15) is 13.2 Å². The quantitative estimate of drug-likeness (QED) is 0.558. The topological polar surface area (TPSA) is 29.1 Å². The first-order chi connectivity index (χ1) is 12.3. The minimum Gasteiger partial charge on any atom is -0.348 e. The zero-order chi connectivity index (χ0) is 18.7. The van der Waals surface area contributed by atoms with Gasteiger partial charge in [0.1, 0.15) is 5.82 Å². The summed E-state index contributed by atoms with van der Waals surface area (Å²) >= 11 is 2.65. The number of carbonyl (C=O) groups is 1. The van der Waals surface area contributed by atoms with Crippen LogP contribution in [0, 0.1) is 5.82 Å². The molecule has 2 aromatic rings. The predicted molar refractivity (Wildman–Crippen MR) is 94.8 cm³/mol. The molecule has 0 saturated carbocycles. The smallest absolute Gasteiger partial charge is 0.348 e. The Kier molecular flexibility index (Phi) is 5.82. The fourth-order valence-corrected chi connectivity index (χ4v) is 4.53. The van der Waals surface area contributed by atoms with Crippen LogP contribution in [0.2, 0.25) is 0 Å². The molecular weight excluding hydrogens is 386 g/mol. The van der Waals surface area contributed by atoms with Crippen LogP contribution in [-0.4, -0.2) is 17.4 Å². The van der Waals surface area contributed by atoms with E-state index < -0.39 is 11.7 Å². The van der Waals surface area contributed by atoms with Crippen molar-refractivity contribution in [3.63, 3.8) is 0 Å². The van der Waals surface area contributed by atoms with Crippen LogP contribution in [0.4, 0.5) is 17.6 Å². The third-order valence-electron chi connectivity index (χ3n) is 3.88. The molecule has 1 heterocycles. The summed E-state index contributed by atoms with van der Waals surface area (Å²) in [5, 5.41) is 2.86. The first kappa shape index (κ1) is 19.1. The lowest BCUT2D eigenvalue weighted by atomic mass is 10.0. The second-order valence-electron chi connectivity index (χ2n) is 5.75. The number of benzene rings is 2. The Labute approximate surface area is 156 Å². The maximum absolute atomic E-state index is 13.5. The molecule has 1 N–H and O–H groups in total. The van der Waals surface area contributed by atoms with Gasteiger partial charge in [0.05, 0.1) is 17.4 Å². The van der Waals surface area contributed by atoms with Crippen molar-refractivity contribution in [1.82, 2.24) is 5.32 Å². The number of carbonyl (C=O) groups excluding carboxylic acids is 1. The Bertz CT molecular complexity index is 810. The molecule has 1 aliphatic rings. The van der Waals surface area contributed by atoms with Crippen molar-refractivity contribution < 1.29 is 22.4 Å². The second kappa shape index (κ2) is 7.92. The lowest BCUT2D eigenvalue weighted by molar-refractivity contribution is -0.137. The Morgan fingerprint density at radius 1 is 1.23 bits per heavy atom. The molecule has 0 bridgehead atoms. The van der Waals surface area contributed by atoms with Crippen molar-refractivity contribution in [1.29, 1.82) is 0 Å². The van der Waals surface area contributed by atoms with Crippen LogP contribution in [0.5, 0.6) is 0 Å². The van der Waals surface area contributed by atoms with Crippen molar-refractivity contribution in [3.05, 3.63) is 59.4 Å². The predicted octanol–water partition coefficient (Wildman–Crippen LogP) is 5.29. The maximum Gasteiger partial charge on any atom is 0.416 e. The highest BCUT2D eigenvalue weighted by atomic mass is 32.2. The second-order valence-corrected chi connectivity index (χ2v) is 7.94. The standard InChI is InChI=1S/C18H15F4NOS2/c19-12-4-5-16-14(9-12)15(6-7-25-16)23-17(24)10-26-13-3-1-2-11(8-13)18(20,21)22/h1-5,8-9,15H,6-7,10H2,(H,23,24). The van der Waals surface area contributed by atoms with E-state index in [1.807, 2.05) is 0 Å². The average molecular weight is 401 g/mol. The molecule has 138 valence electrons. The van der Waals surface area contributed by atoms with Crippen molar-refractivity contribution in [2.45, 2.75) is 28.4 Å². The molecule has 0 radical (unpaired) electrons. The molecule has 1 atom stereocenters. The minimum atomic E-state index is -4.41. The molecule has 1 amide bonds. The number of alkyl halides is 3. The number of thioether (sulfide) groups is 2. The Morgan fingerprint density at radius 3 is 2.81 bits per heavy atom. The molecule has 1 unspecified atom stereocenters. The summed E-state index contributed by atoms with van der Waals surface area (Å²) in [7, 11) is 0. The van der Waals surface area contributed by atoms with E-state index in [-0.39, 0.29) is 23.5 Å². The van der Waals surface area contributed by atoms with Gasteiger partial charge >= 0.3 is 6.18 Å². The summed E-state index contributed by atoms with van der Waals surface area (Å²) in [6, 6.07) is 9.11. The number of fused-ring (bicyclic) bond motifs is 1. The fourth-order valence-electron chi connectivity index (χ4n) is 2.66. The van der Waals surface area contributed by atoms with Crippen LogP contribution < -0.4 is 5.32 Å². The van der Waals surface area contributed by atoms with Gasteiger partial charge in [-0.25, -0.2) is 4.39 Å². The molecule has 2 aromatic carbocycles. The van der Waals surface area contributed by atoms with Gasteiger partial charge in [-0.05, 0) is 48.4 Å². The number of rotatable bonds is 4. The molecule has 0 aromatic heterocycles. The molecule has 2 nitrogen and oxygen atoms in total. The highest BCUT2D eigenvalue weighted by Gasteiger charge is 2.30. The molecule has 0 fully saturated rings. The molecule has 3 rings (SSSR count). The van der Waals surface area contributed by atoms with Gasteiger partial charge in [0.2, 0.25) is 5.91 Å². The van der Waals surface area contributed by atoms with E-state index in [9.17, 15) is 22.4 Å². The number of hydrogen-bond acceptors (Lipinski definition) is 3. The van der Waals surface area contributed by atoms with Gasteiger partial charge in [0.15, 0.2) is 0 Å². The lowest BCUT2D eigenvalue weighted by Gasteiger charge is -2.26. The Balaban J connectivity index is 1.62. The number of nitrogens with one attached hydrogen (secondary N) is 1. The maximum atomic E-state index is 13.5. The third kappa shape index (κ3) is 4.73. The fraction of sp³-hybridized carbons (Fsp3) is 0.278. The van der Waals surface area contributed by atoms with Crippen LogP contribution in [0.25, 0.3) is 0 Å². The molecule has 0 saturated heterocycles. The summed E-state index contributed by atoms with van der Waals surface area (Å²) in [6.45, 7) is 0. The monoisotopic (exact) mass is 401 g/mol. The van der Waals surface area contributed by atoms with Gasteiger partial charge < -0.3 is 5.32 Å². The molecule has 0 aliphatic carbocycles. The Hall–Kier alpha value is -1.67. The summed E-state index contributed by atoms with van der Waals surface area (Å²) in [5.74, 6) is 0.156. The zero-order valence-electron chi connectivity index (χ0n) is 13.5. The normalized spacial score (nSPS) is 16.8. The van der Waals surface area contributed by atoms with Crippen LogP contribution in [0.3, 0.4) is 0 Å². The van der Waals surface area contributed by atoms with E-state index in [4.69, 9.17) is 0 Å². The van der Waals surface area contributed by atoms with Gasteiger partial charge in [0.25, 0.3) is 0 Å². The first-order valence-electron chi connectivity index (χ1n) is 7.84. The van der Waals surface area contributed by atoms with Crippen LogP contribution in [0.1, 0.15) is 23.6 Å². The first-order valence-corrected chi connectivity index (χ1v) is 9.82. The summed E-state index contributed by atoms with van der Waals surface area (Å²) in [4.78, 5) is 13.5. The van der Waals surface area contributed by atoms with Crippen LogP contribution in [0.15, 0.2) is 52.3 Å². The van der Waals surface area contributed by atoms with E-state index in [1.165, 1.54) is 24.3 Å². The van der Waals surface area contributed by atoms with E-state index in [0.29, 0.717) is 11.3 Å². The largest absolute Gasteiger partial charge is 0.416 e. The summed E-state index contributed by atoms with van der Waals surface area (Å²) < 4.78 is 51.7. The number of halogens is 4. The van der Waals surface area contributed by atoms with E-state index in [0.717, 1.165) is 40.1 Å². The van der Waals surface area contributed by atoms with Crippen molar-refractivity contribution in [3.8, 4) is 0 Å².